The van der Waals surface area contributed by atoms with Crippen molar-refractivity contribution in [3.8, 4) is 0 Å². The van der Waals surface area contributed by atoms with Crippen molar-refractivity contribution in [3.05, 3.63) is 105 Å². The van der Waals surface area contributed by atoms with Gasteiger partial charge in [-0.1, -0.05) is 59.7 Å². The minimum Gasteiger partial charge on any atom is -0.478 e. The molecule has 0 fully saturated rings. The lowest BCUT2D eigenvalue weighted by molar-refractivity contribution is -0.313. The Morgan fingerprint density at radius 2 is 1.32 bits per heavy atom. The maximum atomic E-state index is 12.4. The van der Waals surface area contributed by atoms with E-state index in [0.29, 0.717) is 0 Å². The van der Waals surface area contributed by atoms with Crippen LogP contribution in [0.4, 0.5) is 0 Å². The second kappa shape index (κ2) is 12.1. The molecule has 0 aliphatic carbocycles. The fourth-order valence-corrected chi connectivity index (χ4v) is 3.29. The zero-order valence-corrected chi connectivity index (χ0v) is 18.9. The summed E-state index contributed by atoms with van der Waals surface area (Å²) in [7, 11) is 0. The van der Waals surface area contributed by atoms with E-state index in [1.54, 1.807) is 25.1 Å². The van der Waals surface area contributed by atoms with Crippen molar-refractivity contribution in [1.82, 2.24) is 0 Å². The van der Waals surface area contributed by atoms with E-state index in [4.69, 9.17) is 19.8 Å². The zero-order chi connectivity index (χ0) is 24.5. The summed E-state index contributed by atoms with van der Waals surface area (Å²) in [5.41, 5.74) is 5.01. The molecule has 0 aliphatic rings. The van der Waals surface area contributed by atoms with Gasteiger partial charge in [0, 0.05) is 0 Å². The van der Waals surface area contributed by atoms with Gasteiger partial charge in [0.25, 0.3) is 0 Å². The Kier molecular flexibility index (Phi) is 8.89. The number of esters is 1. The lowest BCUT2D eigenvalue weighted by Crippen LogP contribution is -2.12. The van der Waals surface area contributed by atoms with E-state index in [2.05, 4.69) is 4.89 Å². The lowest BCUT2D eigenvalue weighted by Gasteiger charge is -2.10. The first kappa shape index (κ1) is 25.1. The predicted molar refractivity (Wildman–Crippen MR) is 122 cm³/mol. The molecule has 0 spiro atoms. The van der Waals surface area contributed by atoms with E-state index in [0.717, 1.165) is 33.4 Å². The molecule has 8 heteroatoms. The van der Waals surface area contributed by atoms with E-state index in [9.17, 15) is 14.7 Å². The molecule has 34 heavy (non-hydrogen) atoms. The van der Waals surface area contributed by atoms with Crippen LogP contribution < -0.4 is 0 Å². The highest BCUT2D eigenvalue weighted by Crippen LogP contribution is 2.16. The molecule has 0 aliphatic heterocycles. The van der Waals surface area contributed by atoms with Crippen molar-refractivity contribution < 1.29 is 39.4 Å². The molecule has 0 aromatic heterocycles. The number of carbonyl (C=O) groups is 2. The van der Waals surface area contributed by atoms with Crippen LogP contribution in [0.15, 0.2) is 60.7 Å². The summed E-state index contributed by atoms with van der Waals surface area (Å²) in [5, 5.41) is 18.0. The van der Waals surface area contributed by atoms with E-state index in [1.165, 1.54) is 12.1 Å². The number of ether oxygens (including phenoxy) is 1. The second-order valence-electron chi connectivity index (χ2n) is 7.82. The molecule has 178 valence electrons. The molecule has 3 aromatic carbocycles. The lowest BCUT2D eigenvalue weighted by atomic mass is 10.0. The number of carboxylic acids is 1. The maximum absolute atomic E-state index is 12.4. The molecular weight excluding hydrogens is 440 g/mol. The number of hydrogen-bond donors (Lipinski definition) is 2. The molecule has 2 N–H and O–H groups in total. The molecule has 0 bridgehead atoms. The molecule has 0 saturated carbocycles. The van der Waals surface area contributed by atoms with Crippen LogP contribution in [0, 0.1) is 13.8 Å². The molecule has 0 saturated heterocycles. The Morgan fingerprint density at radius 1 is 0.706 bits per heavy atom. The number of hydrogen-bond acceptors (Lipinski definition) is 7. The Bertz CT molecular complexity index is 1140. The van der Waals surface area contributed by atoms with Gasteiger partial charge in [-0.15, -0.1) is 0 Å². The van der Waals surface area contributed by atoms with E-state index < -0.39 is 11.9 Å². The van der Waals surface area contributed by atoms with Crippen LogP contribution in [-0.4, -0.2) is 22.3 Å². The van der Waals surface area contributed by atoms with Gasteiger partial charge in [0.05, 0.1) is 11.1 Å². The first-order valence-corrected chi connectivity index (χ1v) is 10.6. The van der Waals surface area contributed by atoms with Crippen LogP contribution >= 0.6 is 0 Å². The predicted octanol–water partition coefficient (Wildman–Crippen LogP) is 5.00. The third-order valence-electron chi connectivity index (χ3n) is 5.12. The number of carboxylic acid groups (broad SMARTS) is 1. The van der Waals surface area contributed by atoms with Gasteiger partial charge in [-0.05, 0) is 48.2 Å². The smallest absolute Gasteiger partial charge is 0.339 e. The van der Waals surface area contributed by atoms with Gasteiger partial charge in [-0.25, -0.2) is 24.3 Å². The van der Waals surface area contributed by atoms with E-state index in [1.807, 2.05) is 37.3 Å². The van der Waals surface area contributed by atoms with Crippen LogP contribution in [0.2, 0.25) is 0 Å². The topological polar surface area (TPSA) is 112 Å². The zero-order valence-electron chi connectivity index (χ0n) is 18.9. The molecule has 0 atom stereocenters. The average molecular weight is 466 g/mol. The minimum atomic E-state index is -1.18. The van der Waals surface area contributed by atoms with Crippen LogP contribution in [0.5, 0.6) is 0 Å². The summed E-state index contributed by atoms with van der Waals surface area (Å²) < 4.78 is 5.30. The summed E-state index contributed by atoms with van der Waals surface area (Å²) in [5.74, 6) is -1.87. The molecule has 8 nitrogen and oxygen atoms in total. The molecule has 3 rings (SSSR count). The Balaban J connectivity index is 1.49. The van der Waals surface area contributed by atoms with Crippen molar-refractivity contribution in [2.75, 3.05) is 0 Å². The Hall–Kier alpha value is -3.56. The molecule has 0 radical (unpaired) electrons. The number of aryl methyl sites for hydroxylation is 2. The summed E-state index contributed by atoms with van der Waals surface area (Å²) in [6.45, 7) is 4.21. The number of aromatic carboxylic acids is 1. The number of carbonyl (C=O) groups excluding carboxylic acids is 1. The molecule has 0 unspecified atom stereocenters. The standard InChI is InChI=1S/C26H26O8/c1-17-3-9-21(15-32-30)22(11-17)16-34-33-14-20-7-5-19(6-8-20)13-31-26(29)24-12-18(2)4-10-23(24)25(27)28/h3-12,30H,13-16H2,1-2H3,(H,27,28). The highest BCUT2D eigenvalue weighted by atomic mass is 17.2. The second-order valence-corrected chi connectivity index (χ2v) is 7.82. The average Bonchev–Trinajstić information content (AvgIpc) is 2.82. The van der Waals surface area contributed by atoms with Gasteiger partial charge in [0.1, 0.15) is 26.4 Å². The minimum absolute atomic E-state index is 0.00648. The molecule has 3 aromatic rings. The van der Waals surface area contributed by atoms with Gasteiger partial charge in [-0.3, -0.25) is 5.26 Å². The van der Waals surface area contributed by atoms with Crippen LogP contribution in [0.3, 0.4) is 0 Å². The largest absolute Gasteiger partial charge is 0.478 e. The fourth-order valence-electron chi connectivity index (χ4n) is 3.29. The molecular formula is C26H26O8. The van der Waals surface area contributed by atoms with Gasteiger partial charge in [-0.2, -0.15) is 0 Å². The summed E-state index contributed by atoms with van der Waals surface area (Å²) in [4.78, 5) is 38.6. The first-order chi connectivity index (χ1) is 16.4. The van der Waals surface area contributed by atoms with E-state index >= 15 is 0 Å². The first-order valence-electron chi connectivity index (χ1n) is 10.6. The number of rotatable bonds is 11. The summed E-state index contributed by atoms with van der Waals surface area (Å²) >= 11 is 0. The normalized spacial score (nSPS) is 10.8. The molecule has 0 amide bonds. The highest BCUT2D eigenvalue weighted by molar-refractivity contribution is 6.02. The van der Waals surface area contributed by atoms with Crippen molar-refractivity contribution in [1.29, 1.82) is 0 Å². The van der Waals surface area contributed by atoms with E-state index in [-0.39, 0.29) is 37.6 Å². The third-order valence-corrected chi connectivity index (χ3v) is 5.12. The van der Waals surface area contributed by atoms with Crippen LogP contribution in [0.25, 0.3) is 0 Å². The van der Waals surface area contributed by atoms with Crippen molar-refractivity contribution in [2.24, 2.45) is 0 Å². The molecule has 0 heterocycles. The highest BCUT2D eigenvalue weighted by Gasteiger charge is 2.18. The van der Waals surface area contributed by atoms with Crippen molar-refractivity contribution in [2.45, 2.75) is 40.3 Å². The van der Waals surface area contributed by atoms with Gasteiger partial charge in [0.15, 0.2) is 0 Å². The third kappa shape index (κ3) is 6.97. The van der Waals surface area contributed by atoms with Gasteiger partial charge in [0.2, 0.25) is 0 Å². The Labute approximate surface area is 197 Å². The summed E-state index contributed by atoms with van der Waals surface area (Å²) in [6, 6.07) is 17.5. The van der Waals surface area contributed by atoms with Gasteiger partial charge >= 0.3 is 11.9 Å². The summed E-state index contributed by atoms with van der Waals surface area (Å²) in [6.07, 6.45) is 0. The van der Waals surface area contributed by atoms with Gasteiger partial charge < -0.3 is 9.84 Å². The monoisotopic (exact) mass is 466 g/mol. The SMILES string of the molecule is Cc1ccc(COO)c(COOCc2ccc(COC(=O)c3cc(C)ccc3C(=O)O)cc2)c1. The van der Waals surface area contributed by atoms with Crippen molar-refractivity contribution in [3.63, 3.8) is 0 Å². The van der Waals surface area contributed by atoms with Crippen molar-refractivity contribution >= 4 is 11.9 Å². The maximum Gasteiger partial charge on any atom is 0.339 e. The Morgan fingerprint density at radius 3 is 2.00 bits per heavy atom. The van der Waals surface area contributed by atoms with Crippen LogP contribution in [0.1, 0.15) is 54.1 Å². The quantitative estimate of drug-likeness (QED) is 0.176. The number of benzene rings is 3. The van der Waals surface area contributed by atoms with Crippen LogP contribution in [-0.2, 0) is 45.8 Å². The fraction of sp³-hybridized carbons (Fsp3) is 0.231.